The third-order valence-corrected chi connectivity index (χ3v) is 11.5. The molecule has 1 spiro atoms. The number of aliphatic hydroxyl groups excluding tert-OH is 1. The van der Waals surface area contributed by atoms with Crippen LogP contribution in [0.25, 0.3) is 43.9 Å². The molecule has 4 nitrogen and oxygen atoms in total. The molecular formula is C48H49IrN2O2-. The molecule has 0 aliphatic heterocycles. The zero-order valence-electron chi connectivity index (χ0n) is 31.9. The summed E-state index contributed by atoms with van der Waals surface area (Å²) in [5.41, 5.74) is 10.8. The summed E-state index contributed by atoms with van der Waals surface area (Å²) in [6.45, 7) is 15.0. The first-order chi connectivity index (χ1) is 25.1. The molecule has 53 heavy (non-hydrogen) atoms. The zero-order chi connectivity index (χ0) is 36.8. The van der Waals surface area contributed by atoms with Crippen LogP contribution in [0.3, 0.4) is 0 Å². The minimum absolute atomic E-state index is 0. The Kier molecular flexibility index (Phi) is 10.9. The van der Waals surface area contributed by atoms with Crippen LogP contribution in [0, 0.1) is 17.9 Å². The summed E-state index contributed by atoms with van der Waals surface area (Å²) in [6.07, 6.45) is 10.7. The van der Waals surface area contributed by atoms with Crippen LogP contribution in [0.1, 0.15) is 102 Å². The van der Waals surface area contributed by atoms with Crippen molar-refractivity contribution in [2.24, 2.45) is 11.8 Å². The number of fused-ring (bicyclic) bond motifs is 10. The van der Waals surface area contributed by atoms with E-state index in [1.165, 1.54) is 55.8 Å². The molecule has 273 valence electrons. The summed E-state index contributed by atoms with van der Waals surface area (Å²) in [7, 11) is 0. The Balaban J connectivity index is 0.000000258. The van der Waals surface area contributed by atoms with E-state index in [0.29, 0.717) is 0 Å². The van der Waals surface area contributed by atoms with Gasteiger partial charge in [-0.05, 0) is 93.7 Å². The maximum atomic E-state index is 11.7. The molecular weight excluding hydrogens is 829 g/mol. The molecule has 0 fully saturated rings. The first-order valence-corrected chi connectivity index (χ1v) is 19.0. The average Bonchev–Trinajstić information content (AvgIpc) is 3.44. The normalized spacial score (nSPS) is 13.7. The number of benzene rings is 4. The fraction of sp³-hybridized carbons (Fsp3) is 0.312. The van der Waals surface area contributed by atoms with Crippen molar-refractivity contribution >= 4 is 27.3 Å². The standard InChI is InChI=1S/C35H25N2.C13H24O2.Ir/c1-34(2,3)24-16-22-13-15-37-33-27-17-21-12-14-36-20-23(21)18-30(27)35(31(19-24)32(22)33)28-10-6-4-8-25(28)26-9-5-7-11-29(26)35;1-5-10(6-2)12(14)9-13(15)11(7-3)8-4;/h4-16,18-20H,1-3H3;9-11,14H,5-8H2,1-4H3;/q-1;;/b;12-9-;. The van der Waals surface area contributed by atoms with Gasteiger partial charge in [0.2, 0.25) is 0 Å². The minimum atomic E-state index is -0.460. The van der Waals surface area contributed by atoms with Crippen LogP contribution in [-0.4, -0.2) is 20.9 Å². The molecule has 2 aliphatic carbocycles. The fourth-order valence-corrected chi connectivity index (χ4v) is 8.52. The Morgan fingerprint density at radius 3 is 2.00 bits per heavy atom. The van der Waals surface area contributed by atoms with Gasteiger partial charge >= 0.3 is 0 Å². The molecule has 2 heterocycles. The monoisotopic (exact) mass is 878 g/mol. The van der Waals surface area contributed by atoms with Crippen LogP contribution >= 0.6 is 0 Å². The summed E-state index contributed by atoms with van der Waals surface area (Å²) in [5, 5.41) is 14.4. The van der Waals surface area contributed by atoms with E-state index >= 15 is 0 Å². The molecule has 1 radical (unpaired) electrons. The number of hydrogen-bond acceptors (Lipinski definition) is 4. The Morgan fingerprint density at radius 2 is 1.40 bits per heavy atom. The zero-order valence-corrected chi connectivity index (χ0v) is 34.3. The number of rotatable bonds is 7. The predicted octanol–water partition coefficient (Wildman–Crippen LogP) is 12.1. The molecule has 5 heteroatoms. The first kappa shape index (κ1) is 38.3. The number of carbonyl (C=O) groups is 1. The quantitative estimate of drug-likeness (QED) is 0.0984. The van der Waals surface area contributed by atoms with Crippen molar-refractivity contribution < 1.29 is 30.0 Å². The van der Waals surface area contributed by atoms with Crippen molar-refractivity contribution in [3.05, 3.63) is 143 Å². The maximum Gasteiger partial charge on any atom is 0.162 e. The number of hydrogen-bond donors (Lipinski definition) is 1. The van der Waals surface area contributed by atoms with Gasteiger partial charge in [0.15, 0.2) is 5.78 Å². The van der Waals surface area contributed by atoms with E-state index in [1.54, 1.807) is 0 Å². The summed E-state index contributed by atoms with van der Waals surface area (Å²) in [4.78, 5) is 21.2. The van der Waals surface area contributed by atoms with E-state index in [-0.39, 0.29) is 48.9 Å². The number of aromatic nitrogens is 2. The topological polar surface area (TPSA) is 63.1 Å². The van der Waals surface area contributed by atoms with Gasteiger partial charge in [0, 0.05) is 55.3 Å². The van der Waals surface area contributed by atoms with Gasteiger partial charge in [-0.3, -0.25) is 14.8 Å². The summed E-state index contributed by atoms with van der Waals surface area (Å²) in [6, 6.07) is 33.1. The SMILES string of the molecule is CC(C)(C)c1cc2c3c(nccc3c1)-c1[c-]c3ccncc3cc1C21c2ccccc2-c2ccccc21.CCC(CC)C(=O)/C=C(\O)C(CC)CC.[Ir]. The van der Waals surface area contributed by atoms with Crippen molar-refractivity contribution in [1.29, 1.82) is 0 Å². The molecule has 8 rings (SSSR count). The van der Waals surface area contributed by atoms with Crippen molar-refractivity contribution in [1.82, 2.24) is 9.97 Å². The van der Waals surface area contributed by atoms with Crippen LogP contribution in [0.5, 0.6) is 0 Å². The molecule has 6 aromatic rings. The van der Waals surface area contributed by atoms with Crippen LogP contribution in [0.4, 0.5) is 0 Å². The number of nitrogens with zero attached hydrogens (tertiary/aromatic N) is 2. The molecule has 0 unspecified atom stereocenters. The maximum absolute atomic E-state index is 11.7. The second kappa shape index (κ2) is 15.1. The van der Waals surface area contributed by atoms with Crippen LogP contribution in [-0.2, 0) is 35.7 Å². The van der Waals surface area contributed by atoms with E-state index < -0.39 is 5.41 Å². The van der Waals surface area contributed by atoms with Crippen molar-refractivity contribution in [2.75, 3.05) is 0 Å². The van der Waals surface area contributed by atoms with E-state index in [9.17, 15) is 9.90 Å². The minimum Gasteiger partial charge on any atom is -0.512 e. The molecule has 2 aliphatic rings. The molecule has 1 N–H and O–H groups in total. The average molecular weight is 878 g/mol. The molecule has 0 bridgehead atoms. The van der Waals surface area contributed by atoms with E-state index in [1.807, 2.05) is 46.3 Å². The van der Waals surface area contributed by atoms with Gasteiger partial charge in [-0.25, -0.2) is 0 Å². The fourth-order valence-electron chi connectivity index (χ4n) is 8.52. The van der Waals surface area contributed by atoms with Gasteiger partial charge in [0.1, 0.15) is 0 Å². The van der Waals surface area contributed by atoms with E-state index in [4.69, 9.17) is 4.98 Å². The van der Waals surface area contributed by atoms with Crippen molar-refractivity contribution in [3.8, 4) is 22.4 Å². The smallest absolute Gasteiger partial charge is 0.162 e. The van der Waals surface area contributed by atoms with Crippen LogP contribution in [0.15, 0.2) is 109 Å². The van der Waals surface area contributed by atoms with Crippen LogP contribution in [0.2, 0.25) is 0 Å². The summed E-state index contributed by atoms with van der Waals surface area (Å²) < 4.78 is 0. The van der Waals surface area contributed by atoms with Gasteiger partial charge in [0.25, 0.3) is 0 Å². The molecule has 0 saturated heterocycles. The van der Waals surface area contributed by atoms with Gasteiger partial charge in [0.05, 0.1) is 5.76 Å². The second-order valence-electron chi connectivity index (χ2n) is 15.4. The third kappa shape index (κ3) is 6.36. The Labute approximate surface area is 328 Å². The third-order valence-electron chi connectivity index (χ3n) is 11.5. The number of pyridine rings is 2. The van der Waals surface area contributed by atoms with Crippen molar-refractivity contribution in [2.45, 2.75) is 85.0 Å². The largest absolute Gasteiger partial charge is 0.512 e. The molecule has 0 atom stereocenters. The predicted molar refractivity (Wildman–Crippen MR) is 215 cm³/mol. The van der Waals surface area contributed by atoms with Crippen LogP contribution < -0.4 is 0 Å². The van der Waals surface area contributed by atoms with Gasteiger partial charge in [-0.2, -0.15) is 0 Å². The number of ketones is 1. The second-order valence-corrected chi connectivity index (χ2v) is 15.4. The van der Waals surface area contributed by atoms with Gasteiger partial charge in [-0.1, -0.05) is 126 Å². The molecule has 4 aromatic carbocycles. The summed E-state index contributed by atoms with van der Waals surface area (Å²) in [5.74, 6) is 0.547. The Bertz CT molecular complexity index is 2300. The number of allylic oxidation sites excluding steroid dienone is 2. The molecule has 0 saturated carbocycles. The Morgan fingerprint density at radius 1 is 0.774 bits per heavy atom. The molecule has 2 aromatic heterocycles. The Hall–Kier alpha value is -4.44. The number of aliphatic hydroxyl groups is 1. The number of carbonyl (C=O) groups excluding carboxylic acids is 1. The van der Waals surface area contributed by atoms with E-state index in [2.05, 4.69) is 111 Å². The first-order valence-electron chi connectivity index (χ1n) is 19.0. The van der Waals surface area contributed by atoms with Gasteiger partial charge in [-0.15, -0.1) is 23.6 Å². The molecule has 0 amide bonds. The van der Waals surface area contributed by atoms with Crippen molar-refractivity contribution in [3.63, 3.8) is 0 Å². The summed E-state index contributed by atoms with van der Waals surface area (Å²) >= 11 is 0. The van der Waals surface area contributed by atoms with E-state index in [0.717, 1.165) is 47.7 Å². The van der Waals surface area contributed by atoms with Gasteiger partial charge < -0.3 is 5.11 Å².